The van der Waals surface area contributed by atoms with Crippen molar-refractivity contribution in [3.05, 3.63) is 35.0 Å². The second kappa shape index (κ2) is 5.82. The highest BCUT2D eigenvalue weighted by Crippen LogP contribution is 2.32. The third kappa shape index (κ3) is 2.79. The molecule has 1 aliphatic heterocycles. The molecule has 1 saturated heterocycles. The predicted octanol–water partition coefficient (Wildman–Crippen LogP) is 2.92. The number of rotatable bonds is 4. The second-order valence-electron chi connectivity index (χ2n) is 3.97. The number of hydrogen-bond donors (Lipinski definition) is 0. The average molecular weight is 262 g/mol. The summed E-state index contributed by atoms with van der Waals surface area (Å²) in [4.78, 5) is 29.5. The summed E-state index contributed by atoms with van der Waals surface area (Å²) in [5.41, 5.74) is 0.881. The van der Waals surface area contributed by atoms with Gasteiger partial charge in [0, 0.05) is 18.9 Å². The van der Waals surface area contributed by atoms with Gasteiger partial charge in [0.05, 0.1) is 4.91 Å². The molecule has 18 heavy (non-hydrogen) atoms. The predicted molar refractivity (Wildman–Crippen MR) is 71.8 cm³/mol. The van der Waals surface area contributed by atoms with Gasteiger partial charge in [-0.15, -0.1) is 0 Å². The van der Waals surface area contributed by atoms with E-state index in [-0.39, 0.29) is 11.1 Å². The molecule has 0 aliphatic carbocycles. The van der Waals surface area contributed by atoms with Gasteiger partial charge >= 0.3 is 0 Å². The topological polar surface area (TPSA) is 50.3 Å². The van der Waals surface area contributed by atoms with Crippen LogP contribution in [0.2, 0.25) is 0 Å². The van der Waals surface area contributed by atoms with E-state index in [2.05, 4.69) is 4.98 Å². The second-order valence-corrected chi connectivity index (χ2v) is 4.96. The van der Waals surface area contributed by atoms with Crippen LogP contribution in [0.3, 0.4) is 0 Å². The molecule has 1 aromatic heterocycles. The Balaban J connectivity index is 2.15. The maximum atomic E-state index is 12.0. The maximum absolute atomic E-state index is 12.0. The Hall–Kier alpha value is -1.62. The monoisotopic (exact) mass is 262 g/mol. The molecular formula is C13H14N2O2S. The van der Waals surface area contributed by atoms with Crippen LogP contribution in [0.15, 0.2) is 29.4 Å². The van der Waals surface area contributed by atoms with E-state index in [1.54, 1.807) is 30.6 Å². The molecule has 0 aromatic carbocycles. The van der Waals surface area contributed by atoms with Crippen LogP contribution in [0.5, 0.6) is 0 Å². The third-order valence-electron chi connectivity index (χ3n) is 2.61. The summed E-state index contributed by atoms with van der Waals surface area (Å²) in [5, 5.41) is -0.172. The van der Waals surface area contributed by atoms with E-state index in [1.807, 2.05) is 6.92 Å². The van der Waals surface area contributed by atoms with E-state index >= 15 is 0 Å². The van der Waals surface area contributed by atoms with Crippen molar-refractivity contribution in [2.45, 2.75) is 19.8 Å². The number of unbranched alkanes of at least 4 members (excludes halogenated alkanes) is 1. The number of imide groups is 1. The van der Waals surface area contributed by atoms with Gasteiger partial charge in [0.1, 0.15) is 0 Å². The molecule has 2 rings (SSSR count). The summed E-state index contributed by atoms with van der Waals surface area (Å²) < 4.78 is 0. The lowest BCUT2D eigenvalue weighted by molar-refractivity contribution is -0.122. The van der Waals surface area contributed by atoms with E-state index in [9.17, 15) is 9.59 Å². The fraction of sp³-hybridized carbons (Fsp3) is 0.308. The Morgan fingerprint density at radius 2 is 2.06 bits per heavy atom. The van der Waals surface area contributed by atoms with Gasteiger partial charge in [-0.1, -0.05) is 13.3 Å². The number of nitrogens with zero attached hydrogens (tertiary/aromatic N) is 2. The molecule has 2 amide bonds. The molecule has 4 nitrogen and oxygen atoms in total. The van der Waals surface area contributed by atoms with Gasteiger partial charge in [-0.3, -0.25) is 19.5 Å². The number of thioether (sulfide) groups is 1. The van der Waals surface area contributed by atoms with Crippen molar-refractivity contribution >= 4 is 29.0 Å². The highest BCUT2D eigenvalue weighted by atomic mass is 32.2. The van der Waals surface area contributed by atoms with Gasteiger partial charge in [0.15, 0.2) is 0 Å². The first-order chi connectivity index (χ1) is 8.72. The maximum Gasteiger partial charge on any atom is 0.293 e. The normalized spacial score (nSPS) is 17.8. The van der Waals surface area contributed by atoms with E-state index < -0.39 is 0 Å². The van der Waals surface area contributed by atoms with Gasteiger partial charge in [-0.25, -0.2) is 0 Å². The first-order valence-corrected chi connectivity index (χ1v) is 6.69. The van der Waals surface area contributed by atoms with Crippen molar-refractivity contribution in [2.24, 2.45) is 0 Å². The Morgan fingerprint density at radius 1 is 1.33 bits per heavy atom. The Labute approximate surface area is 110 Å². The van der Waals surface area contributed by atoms with Crippen LogP contribution >= 0.6 is 11.8 Å². The van der Waals surface area contributed by atoms with E-state index in [4.69, 9.17) is 0 Å². The fourth-order valence-corrected chi connectivity index (χ4v) is 2.49. The summed E-state index contributed by atoms with van der Waals surface area (Å²) in [5.74, 6) is -0.185. The zero-order valence-corrected chi connectivity index (χ0v) is 10.9. The van der Waals surface area contributed by atoms with Crippen LogP contribution in [0, 0.1) is 0 Å². The molecule has 94 valence electrons. The molecule has 1 fully saturated rings. The minimum absolute atomic E-state index is 0.172. The van der Waals surface area contributed by atoms with Gasteiger partial charge < -0.3 is 0 Å². The smallest absolute Gasteiger partial charge is 0.268 e. The Morgan fingerprint density at radius 3 is 2.72 bits per heavy atom. The number of amides is 2. The molecule has 0 bridgehead atoms. The molecule has 0 radical (unpaired) electrons. The van der Waals surface area contributed by atoms with Crippen molar-refractivity contribution in [3.8, 4) is 0 Å². The summed E-state index contributed by atoms with van der Waals surface area (Å²) in [7, 11) is 0. The van der Waals surface area contributed by atoms with E-state index in [0.717, 1.165) is 30.2 Å². The minimum atomic E-state index is -0.185. The molecule has 0 atom stereocenters. The Bertz CT molecular complexity index is 485. The van der Waals surface area contributed by atoms with Crippen molar-refractivity contribution in [3.63, 3.8) is 0 Å². The first kappa shape index (κ1) is 12.8. The fourth-order valence-electron chi connectivity index (χ4n) is 1.62. The zero-order valence-electron chi connectivity index (χ0n) is 10.1. The first-order valence-electron chi connectivity index (χ1n) is 5.87. The van der Waals surface area contributed by atoms with Crippen LogP contribution in [0.1, 0.15) is 25.3 Å². The molecule has 0 N–H and O–H groups in total. The summed E-state index contributed by atoms with van der Waals surface area (Å²) in [6.45, 7) is 2.54. The lowest BCUT2D eigenvalue weighted by Gasteiger charge is -2.10. The summed E-state index contributed by atoms with van der Waals surface area (Å²) >= 11 is 1.01. The van der Waals surface area contributed by atoms with E-state index in [0.29, 0.717) is 11.4 Å². The van der Waals surface area contributed by atoms with Gasteiger partial charge in [0.2, 0.25) is 0 Å². The Kier molecular flexibility index (Phi) is 4.15. The number of aromatic nitrogens is 1. The highest BCUT2D eigenvalue weighted by Gasteiger charge is 2.34. The molecule has 0 spiro atoms. The standard InChI is InChI=1S/C13H14N2O2S/c1-2-3-8-15-12(16)11(18-13(15)17)9-10-4-6-14-7-5-10/h4-7,9H,2-3,8H2,1H3/b11-9-. The number of pyridine rings is 1. The van der Waals surface area contributed by atoms with Crippen LogP contribution in [-0.2, 0) is 4.79 Å². The number of carbonyl (C=O) groups is 2. The summed E-state index contributed by atoms with van der Waals surface area (Å²) in [6.07, 6.45) is 6.87. The molecule has 2 heterocycles. The quantitative estimate of drug-likeness (QED) is 0.783. The molecule has 1 aromatic rings. The van der Waals surface area contributed by atoms with Crippen molar-refractivity contribution in [1.29, 1.82) is 0 Å². The van der Waals surface area contributed by atoms with E-state index in [1.165, 1.54) is 4.90 Å². The molecule has 5 heteroatoms. The largest absolute Gasteiger partial charge is 0.293 e. The van der Waals surface area contributed by atoms with Crippen molar-refractivity contribution in [1.82, 2.24) is 9.88 Å². The summed E-state index contributed by atoms with van der Waals surface area (Å²) in [6, 6.07) is 3.61. The average Bonchev–Trinajstić information content (AvgIpc) is 2.64. The lowest BCUT2D eigenvalue weighted by atomic mass is 10.2. The zero-order chi connectivity index (χ0) is 13.0. The van der Waals surface area contributed by atoms with Crippen molar-refractivity contribution < 1.29 is 9.59 Å². The van der Waals surface area contributed by atoms with Crippen LogP contribution in [0.25, 0.3) is 6.08 Å². The molecular weight excluding hydrogens is 248 g/mol. The highest BCUT2D eigenvalue weighted by molar-refractivity contribution is 8.18. The van der Waals surface area contributed by atoms with Crippen LogP contribution in [-0.4, -0.2) is 27.6 Å². The van der Waals surface area contributed by atoms with Crippen molar-refractivity contribution in [2.75, 3.05) is 6.54 Å². The van der Waals surface area contributed by atoms with Gasteiger partial charge in [-0.2, -0.15) is 0 Å². The number of carbonyl (C=O) groups excluding carboxylic acids is 2. The van der Waals surface area contributed by atoms with Crippen LogP contribution in [0.4, 0.5) is 4.79 Å². The molecule has 0 saturated carbocycles. The third-order valence-corrected chi connectivity index (χ3v) is 3.52. The number of hydrogen-bond acceptors (Lipinski definition) is 4. The lowest BCUT2D eigenvalue weighted by Crippen LogP contribution is -2.29. The van der Waals surface area contributed by atoms with Crippen LogP contribution < -0.4 is 0 Å². The van der Waals surface area contributed by atoms with Gasteiger partial charge in [-0.05, 0) is 42.0 Å². The van der Waals surface area contributed by atoms with Gasteiger partial charge in [0.25, 0.3) is 11.1 Å². The minimum Gasteiger partial charge on any atom is -0.268 e. The SMILES string of the molecule is CCCCN1C(=O)S/C(=C\c2ccncc2)C1=O. The molecule has 1 aliphatic rings. The molecule has 0 unspecified atom stereocenters.